The van der Waals surface area contributed by atoms with Gasteiger partial charge in [0.15, 0.2) is 0 Å². The molecular formula is C17H13BrClN3O2. The molecule has 0 spiro atoms. The zero-order chi connectivity index (χ0) is 17.1. The van der Waals surface area contributed by atoms with Gasteiger partial charge in [-0.2, -0.15) is 0 Å². The third-order valence-electron chi connectivity index (χ3n) is 3.34. The first-order valence-corrected chi connectivity index (χ1v) is 8.33. The van der Waals surface area contributed by atoms with Gasteiger partial charge < -0.3 is 4.42 Å². The number of carbonyl (C=O) groups excluding carboxylic acids is 1. The number of hydrogen-bond acceptors (Lipinski definition) is 4. The molecule has 1 aromatic heterocycles. The molecule has 0 fully saturated rings. The number of benzene rings is 2. The van der Waals surface area contributed by atoms with Crippen molar-refractivity contribution in [3.05, 3.63) is 74.5 Å². The van der Waals surface area contributed by atoms with Gasteiger partial charge in [-0.1, -0.05) is 62.5 Å². The Labute approximate surface area is 152 Å². The quantitative estimate of drug-likeness (QED) is 0.685. The van der Waals surface area contributed by atoms with E-state index in [1.165, 1.54) is 5.56 Å². The molecule has 122 valence electrons. The van der Waals surface area contributed by atoms with Crippen LogP contribution in [0.25, 0.3) is 0 Å². The van der Waals surface area contributed by atoms with E-state index in [1.807, 2.05) is 31.2 Å². The van der Waals surface area contributed by atoms with Gasteiger partial charge in [0.2, 0.25) is 5.89 Å². The molecule has 1 N–H and O–H groups in total. The highest BCUT2D eigenvalue weighted by atomic mass is 79.9. The maximum atomic E-state index is 12.2. The van der Waals surface area contributed by atoms with E-state index >= 15 is 0 Å². The molecule has 0 aliphatic heterocycles. The van der Waals surface area contributed by atoms with Crippen LogP contribution in [0.4, 0.5) is 6.01 Å². The molecule has 1 heterocycles. The first-order chi connectivity index (χ1) is 11.5. The number of nitrogens with zero attached hydrogens (tertiary/aromatic N) is 2. The molecule has 0 bridgehead atoms. The lowest BCUT2D eigenvalue weighted by atomic mass is 10.1. The van der Waals surface area contributed by atoms with Gasteiger partial charge in [-0.3, -0.25) is 10.1 Å². The summed E-state index contributed by atoms with van der Waals surface area (Å²) in [6.07, 6.45) is 0.501. The summed E-state index contributed by atoms with van der Waals surface area (Å²) >= 11 is 9.34. The Hall–Kier alpha value is -2.18. The van der Waals surface area contributed by atoms with Gasteiger partial charge in [0.05, 0.1) is 17.0 Å². The van der Waals surface area contributed by atoms with Crippen LogP contribution in [0.5, 0.6) is 0 Å². The molecule has 5 nitrogen and oxygen atoms in total. The second kappa shape index (κ2) is 7.15. The number of amides is 1. The summed E-state index contributed by atoms with van der Waals surface area (Å²) in [5.41, 5.74) is 2.56. The van der Waals surface area contributed by atoms with Gasteiger partial charge in [0.25, 0.3) is 5.91 Å². The van der Waals surface area contributed by atoms with E-state index in [4.69, 9.17) is 16.0 Å². The summed E-state index contributed by atoms with van der Waals surface area (Å²) in [5, 5.41) is 10.7. The van der Waals surface area contributed by atoms with Crippen molar-refractivity contribution in [2.24, 2.45) is 0 Å². The third-order valence-corrected chi connectivity index (χ3v) is 4.16. The Morgan fingerprint density at radius 3 is 2.71 bits per heavy atom. The Kier molecular flexibility index (Phi) is 4.97. The van der Waals surface area contributed by atoms with Crippen LogP contribution in [0, 0.1) is 6.92 Å². The molecule has 0 saturated carbocycles. The summed E-state index contributed by atoms with van der Waals surface area (Å²) in [5.74, 6) is 0.0151. The highest BCUT2D eigenvalue weighted by Crippen LogP contribution is 2.22. The molecule has 24 heavy (non-hydrogen) atoms. The van der Waals surface area contributed by atoms with Crippen molar-refractivity contribution in [1.29, 1.82) is 0 Å². The molecule has 0 unspecified atom stereocenters. The van der Waals surface area contributed by atoms with E-state index < -0.39 is 5.91 Å². The number of aryl methyl sites for hydroxylation is 1. The summed E-state index contributed by atoms with van der Waals surface area (Å²) in [6.45, 7) is 2.02. The first-order valence-electron chi connectivity index (χ1n) is 7.15. The van der Waals surface area contributed by atoms with Gasteiger partial charge in [-0.15, -0.1) is 5.10 Å². The minimum Gasteiger partial charge on any atom is -0.407 e. The van der Waals surface area contributed by atoms with Gasteiger partial charge >= 0.3 is 6.01 Å². The minimum atomic E-state index is -0.410. The molecule has 0 saturated heterocycles. The topological polar surface area (TPSA) is 68.0 Å². The lowest BCUT2D eigenvalue weighted by Crippen LogP contribution is -2.12. The molecule has 2 aromatic carbocycles. The fourth-order valence-corrected chi connectivity index (χ4v) is 2.66. The zero-order valence-corrected chi connectivity index (χ0v) is 15.1. The Morgan fingerprint density at radius 1 is 1.21 bits per heavy atom. The number of anilines is 1. The summed E-state index contributed by atoms with van der Waals surface area (Å²) in [7, 11) is 0. The SMILES string of the molecule is Cc1ccc(Cc2nnc(NC(=O)c3cc(Br)ccc3Cl)o2)cc1. The monoisotopic (exact) mass is 405 g/mol. The van der Waals surface area contributed by atoms with Crippen LogP contribution < -0.4 is 5.32 Å². The number of carbonyl (C=O) groups is 1. The van der Waals surface area contributed by atoms with Crippen molar-refractivity contribution in [3.8, 4) is 0 Å². The number of nitrogens with one attached hydrogen (secondary N) is 1. The Morgan fingerprint density at radius 2 is 1.96 bits per heavy atom. The number of halogens is 2. The van der Waals surface area contributed by atoms with Crippen molar-refractivity contribution in [2.45, 2.75) is 13.3 Å². The van der Waals surface area contributed by atoms with E-state index in [0.717, 1.165) is 10.0 Å². The van der Waals surface area contributed by atoms with Crippen molar-refractivity contribution >= 4 is 39.5 Å². The number of aromatic nitrogens is 2. The van der Waals surface area contributed by atoms with Crippen LogP contribution in [-0.2, 0) is 6.42 Å². The van der Waals surface area contributed by atoms with Crippen molar-refractivity contribution in [1.82, 2.24) is 10.2 Å². The fourth-order valence-electron chi connectivity index (χ4n) is 2.09. The van der Waals surface area contributed by atoms with Gasteiger partial charge in [-0.05, 0) is 30.7 Å². The Bertz CT molecular complexity index is 878. The molecular weight excluding hydrogens is 394 g/mol. The number of rotatable bonds is 4. The van der Waals surface area contributed by atoms with Gasteiger partial charge in [-0.25, -0.2) is 0 Å². The van der Waals surface area contributed by atoms with Gasteiger partial charge in [0, 0.05) is 4.47 Å². The largest absolute Gasteiger partial charge is 0.407 e. The molecule has 0 aliphatic rings. The zero-order valence-electron chi connectivity index (χ0n) is 12.7. The molecule has 1 amide bonds. The van der Waals surface area contributed by atoms with Crippen molar-refractivity contribution < 1.29 is 9.21 Å². The fraction of sp³-hybridized carbons (Fsp3) is 0.118. The van der Waals surface area contributed by atoms with E-state index in [9.17, 15) is 4.79 Å². The predicted octanol–water partition coefficient (Wildman–Crippen LogP) is 4.64. The lowest BCUT2D eigenvalue weighted by Gasteiger charge is -2.03. The van der Waals surface area contributed by atoms with Crippen LogP contribution >= 0.6 is 27.5 Å². The predicted molar refractivity (Wildman–Crippen MR) is 95.4 cm³/mol. The highest BCUT2D eigenvalue weighted by molar-refractivity contribution is 9.10. The second-order valence-corrected chi connectivity index (χ2v) is 6.56. The van der Waals surface area contributed by atoms with Crippen molar-refractivity contribution in [3.63, 3.8) is 0 Å². The normalized spacial score (nSPS) is 10.6. The van der Waals surface area contributed by atoms with Crippen molar-refractivity contribution in [2.75, 3.05) is 5.32 Å². The molecule has 0 radical (unpaired) electrons. The molecule has 3 rings (SSSR count). The van der Waals surface area contributed by atoms with Crippen LogP contribution in [0.1, 0.15) is 27.4 Å². The Balaban J connectivity index is 1.70. The highest BCUT2D eigenvalue weighted by Gasteiger charge is 2.15. The van der Waals surface area contributed by atoms with E-state index in [1.54, 1.807) is 18.2 Å². The molecule has 0 aliphatic carbocycles. The number of hydrogen-bond donors (Lipinski definition) is 1. The molecule has 0 atom stereocenters. The average molecular weight is 407 g/mol. The second-order valence-electron chi connectivity index (χ2n) is 5.24. The smallest absolute Gasteiger partial charge is 0.322 e. The van der Waals surface area contributed by atoms with E-state index in [0.29, 0.717) is 22.9 Å². The molecule has 3 aromatic rings. The van der Waals surface area contributed by atoms with Crippen LogP contribution in [-0.4, -0.2) is 16.1 Å². The van der Waals surface area contributed by atoms with Crippen LogP contribution in [0.2, 0.25) is 5.02 Å². The van der Waals surface area contributed by atoms with Gasteiger partial charge in [0.1, 0.15) is 0 Å². The van der Waals surface area contributed by atoms with E-state index in [-0.39, 0.29) is 6.01 Å². The third kappa shape index (κ3) is 4.01. The average Bonchev–Trinajstić information content (AvgIpc) is 2.99. The summed E-state index contributed by atoms with van der Waals surface area (Å²) in [4.78, 5) is 12.2. The maximum Gasteiger partial charge on any atom is 0.322 e. The first kappa shape index (κ1) is 16.7. The minimum absolute atomic E-state index is 0.0400. The lowest BCUT2D eigenvalue weighted by molar-refractivity contribution is 0.102. The summed E-state index contributed by atoms with van der Waals surface area (Å²) < 4.78 is 6.22. The maximum absolute atomic E-state index is 12.2. The van der Waals surface area contributed by atoms with Crippen LogP contribution in [0.3, 0.4) is 0 Å². The van der Waals surface area contributed by atoms with Crippen LogP contribution in [0.15, 0.2) is 51.4 Å². The molecule has 7 heteroatoms. The standard InChI is InChI=1S/C17H13BrClN3O2/c1-10-2-4-11(5-3-10)8-15-21-22-17(24-15)20-16(23)13-9-12(18)6-7-14(13)19/h2-7,9H,8H2,1H3,(H,20,22,23). The van der Waals surface area contributed by atoms with E-state index in [2.05, 4.69) is 31.4 Å². The summed E-state index contributed by atoms with van der Waals surface area (Å²) in [6, 6.07) is 13.1.